The van der Waals surface area contributed by atoms with E-state index < -0.39 is 17.2 Å². The van der Waals surface area contributed by atoms with Crippen molar-refractivity contribution < 1.29 is 23.1 Å². The molecule has 6 heteroatoms. The number of carbonyl (C=O) groups is 1. The summed E-state index contributed by atoms with van der Waals surface area (Å²) in [6.45, 7) is 0. The third-order valence-corrected chi connectivity index (χ3v) is 5.39. The van der Waals surface area contributed by atoms with E-state index in [4.69, 9.17) is 4.42 Å². The summed E-state index contributed by atoms with van der Waals surface area (Å²) in [6, 6.07) is 4.91. The van der Waals surface area contributed by atoms with E-state index in [1.807, 2.05) is 4.90 Å². The minimum Gasteiger partial charge on any atom is -0.472 e. The van der Waals surface area contributed by atoms with Crippen molar-refractivity contribution in [2.45, 2.75) is 49.8 Å². The number of amides is 1. The van der Waals surface area contributed by atoms with Gasteiger partial charge in [-0.15, -0.1) is 0 Å². The number of hydrogen-bond acceptors (Lipinski definition) is 3. The smallest absolute Gasteiger partial charge is 0.257 e. The van der Waals surface area contributed by atoms with Crippen LogP contribution in [0, 0.1) is 11.6 Å². The number of fused-ring (bicyclic) bond motifs is 2. The molecule has 2 atom stereocenters. The summed E-state index contributed by atoms with van der Waals surface area (Å²) in [7, 11) is 0. The van der Waals surface area contributed by atoms with Crippen molar-refractivity contribution in [2.75, 3.05) is 0 Å². The Morgan fingerprint density at radius 1 is 1.24 bits per heavy atom. The minimum atomic E-state index is -1.09. The van der Waals surface area contributed by atoms with E-state index in [1.165, 1.54) is 24.7 Å². The standard InChI is InChI=1S/C19H19F2NO3/c20-14-2-1-12(17(21)7-14)8-19(24)9-15-3-4-16(10-19)22(15)18(23)13-5-6-25-11-13/h1-2,5-7,11,15-16,24H,3-4,8-10H2/t15-,16-/m0/s1. The molecule has 4 nitrogen and oxygen atoms in total. The summed E-state index contributed by atoms with van der Waals surface area (Å²) in [4.78, 5) is 14.5. The number of carbonyl (C=O) groups excluding carboxylic acids is 1. The zero-order chi connectivity index (χ0) is 17.6. The summed E-state index contributed by atoms with van der Waals surface area (Å²) in [5.74, 6) is -1.36. The molecule has 2 aromatic rings. The van der Waals surface area contributed by atoms with Crippen LogP contribution in [0.2, 0.25) is 0 Å². The molecular formula is C19H19F2NO3. The molecule has 0 aliphatic carbocycles. The van der Waals surface area contributed by atoms with Crippen molar-refractivity contribution >= 4 is 5.91 Å². The Labute approximate surface area is 144 Å². The average Bonchev–Trinajstić information content (AvgIpc) is 3.17. The first kappa shape index (κ1) is 16.3. The molecular weight excluding hydrogens is 328 g/mol. The Kier molecular flexibility index (Phi) is 3.87. The molecule has 0 saturated carbocycles. The maximum absolute atomic E-state index is 14.0. The maximum Gasteiger partial charge on any atom is 0.257 e. The Bertz CT molecular complexity index is 776. The lowest BCUT2D eigenvalue weighted by molar-refractivity contribution is -0.0431. The van der Waals surface area contributed by atoms with Crippen LogP contribution in [-0.2, 0) is 6.42 Å². The van der Waals surface area contributed by atoms with Gasteiger partial charge in [0.25, 0.3) is 5.91 Å². The van der Waals surface area contributed by atoms with E-state index in [0.717, 1.165) is 18.9 Å². The van der Waals surface area contributed by atoms with Gasteiger partial charge in [-0.25, -0.2) is 8.78 Å². The van der Waals surface area contributed by atoms with Crippen LogP contribution < -0.4 is 0 Å². The maximum atomic E-state index is 14.0. The number of rotatable bonds is 3. The lowest BCUT2D eigenvalue weighted by Crippen LogP contribution is -2.54. The number of hydrogen-bond donors (Lipinski definition) is 1. The molecule has 2 saturated heterocycles. The zero-order valence-corrected chi connectivity index (χ0v) is 13.6. The van der Waals surface area contributed by atoms with Crippen LogP contribution in [-0.4, -0.2) is 33.6 Å². The van der Waals surface area contributed by atoms with Crippen LogP contribution in [0.5, 0.6) is 0 Å². The zero-order valence-electron chi connectivity index (χ0n) is 13.6. The van der Waals surface area contributed by atoms with Crippen LogP contribution in [0.4, 0.5) is 8.78 Å². The minimum absolute atomic E-state index is 0.0744. The summed E-state index contributed by atoms with van der Waals surface area (Å²) >= 11 is 0. The summed E-state index contributed by atoms with van der Waals surface area (Å²) < 4.78 is 32.0. The molecule has 2 aliphatic rings. The topological polar surface area (TPSA) is 53.7 Å². The van der Waals surface area contributed by atoms with Crippen LogP contribution in [0.15, 0.2) is 41.2 Å². The molecule has 2 aliphatic heterocycles. The van der Waals surface area contributed by atoms with Gasteiger partial charge in [0, 0.05) is 24.6 Å². The third-order valence-electron chi connectivity index (χ3n) is 5.39. The highest BCUT2D eigenvalue weighted by Gasteiger charge is 2.49. The molecule has 1 amide bonds. The highest BCUT2D eigenvalue weighted by Crippen LogP contribution is 2.43. The highest BCUT2D eigenvalue weighted by atomic mass is 19.1. The van der Waals surface area contributed by atoms with Crippen molar-refractivity contribution in [3.8, 4) is 0 Å². The number of aliphatic hydroxyl groups is 1. The van der Waals surface area contributed by atoms with E-state index >= 15 is 0 Å². The van der Waals surface area contributed by atoms with Crippen molar-refractivity contribution in [1.29, 1.82) is 0 Å². The SMILES string of the molecule is O=C(c1ccoc1)N1[C@H]2CC[C@H]1CC(O)(Cc1ccc(F)cc1F)C2. The van der Waals surface area contributed by atoms with Gasteiger partial charge in [0.15, 0.2) is 0 Å². The molecule has 0 spiro atoms. The lowest BCUT2D eigenvalue weighted by atomic mass is 9.81. The number of piperidine rings is 1. The van der Waals surface area contributed by atoms with Crippen LogP contribution in [0.25, 0.3) is 0 Å². The van der Waals surface area contributed by atoms with Gasteiger partial charge in [0.05, 0.1) is 17.4 Å². The first-order valence-electron chi connectivity index (χ1n) is 8.46. The largest absolute Gasteiger partial charge is 0.472 e. The number of nitrogens with zero attached hydrogens (tertiary/aromatic N) is 1. The van der Waals surface area contributed by atoms with Gasteiger partial charge in [-0.3, -0.25) is 4.79 Å². The van der Waals surface area contributed by atoms with Crippen molar-refractivity contribution in [3.05, 3.63) is 59.6 Å². The second kappa shape index (κ2) is 5.95. The fraction of sp³-hybridized carbons (Fsp3) is 0.421. The molecule has 1 aromatic heterocycles. The quantitative estimate of drug-likeness (QED) is 0.927. The summed E-state index contributed by atoms with van der Waals surface area (Å²) in [5.41, 5.74) is -0.276. The van der Waals surface area contributed by atoms with E-state index in [2.05, 4.69) is 0 Å². The Morgan fingerprint density at radius 2 is 1.96 bits per heavy atom. The second-order valence-electron chi connectivity index (χ2n) is 7.15. The molecule has 25 heavy (non-hydrogen) atoms. The number of furan rings is 1. The first-order valence-corrected chi connectivity index (χ1v) is 8.46. The average molecular weight is 347 g/mol. The van der Waals surface area contributed by atoms with E-state index in [1.54, 1.807) is 6.07 Å². The summed E-state index contributed by atoms with van der Waals surface area (Å²) in [6.07, 6.45) is 5.45. The monoisotopic (exact) mass is 347 g/mol. The number of halogens is 2. The Hall–Kier alpha value is -2.21. The van der Waals surface area contributed by atoms with Gasteiger partial charge in [-0.05, 0) is 43.4 Å². The van der Waals surface area contributed by atoms with E-state index in [0.29, 0.717) is 24.0 Å². The molecule has 3 heterocycles. The van der Waals surface area contributed by atoms with Crippen molar-refractivity contribution in [2.24, 2.45) is 0 Å². The first-order chi connectivity index (χ1) is 12.0. The fourth-order valence-electron chi connectivity index (χ4n) is 4.35. The molecule has 1 aromatic carbocycles. The molecule has 132 valence electrons. The Balaban J connectivity index is 1.53. The Morgan fingerprint density at radius 3 is 2.56 bits per heavy atom. The molecule has 4 rings (SSSR count). The van der Waals surface area contributed by atoms with Gasteiger partial charge >= 0.3 is 0 Å². The van der Waals surface area contributed by atoms with Crippen LogP contribution in [0.1, 0.15) is 41.6 Å². The van der Waals surface area contributed by atoms with E-state index in [9.17, 15) is 18.7 Å². The van der Waals surface area contributed by atoms with Crippen LogP contribution >= 0.6 is 0 Å². The lowest BCUT2D eigenvalue weighted by Gasteiger charge is -2.44. The fourth-order valence-corrected chi connectivity index (χ4v) is 4.35. The van der Waals surface area contributed by atoms with E-state index in [-0.39, 0.29) is 24.4 Å². The second-order valence-corrected chi connectivity index (χ2v) is 7.15. The normalized spacial score (nSPS) is 28.4. The van der Waals surface area contributed by atoms with Gasteiger partial charge in [-0.1, -0.05) is 6.07 Å². The highest BCUT2D eigenvalue weighted by molar-refractivity contribution is 5.94. The van der Waals surface area contributed by atoms with Gasteiger partial charge in [0.1, 0.15) is 17.9 Å². The summed E-state index contributed by atoms with van der Waals surface area (Å²) in [5, 5.41) is 11.0. The van der Waals surface area contributed by atoms with Gasteiger partial charge in [0.2, 0.25) is 0 Å². The molecule has 0 radical (unpaired) electrons. The molecule has 1 N–H and O–H groups in total. The van der Waals surface area contributed by atoms with Gasteiger partial charge < -0.3 is 14.4 Å². The predicted molar refractivity (Wildman–Crippen MR) is 85.9 cm³/mol. The van der Waals surface area contributed by atoms with Gasteiger partial charge in [-0.2, -0.15) is 0 Å². The molecule has 0 unspecified atom stereocenters. The molecule has 2 fully saturated rings. The van der Waals surface area contributed by atoms with Crippen LogP contribution in [0.3, 0.4) is 0 Å². The number of benzene rings is 1. The van der Waals surface area contributed by atoms with Crippen molar-refractivity contribution in [1.82, 2.24) is 4.90 Å². The van der Waals surface area contributed by atoms with Crippen molar-refractivity contribution in [3.63, 3.8) is 0 Å². The predicted octanol–water partition coefficient (Wildman–Crippen LogP) is 3.30. The third kappa shape index (κ3) is 2.95. The molecule has 2 bridgehead atoms.